The topological polar surface area (TPSA) is 48.1 Å². The van der Waals surface area contributed by atoms with Gasteiger partial charge in [0.15, 0.2) is 0 Å². The van der Waals surface area contributed by atoms with Gasteiger partial charge in [0, 0.05) is 23.6 Å². The average molecular weight is 305 g/mol. The van der Waals surface area contributed by atoms with E-state index in [9.17, 15) is 9.18 Å². The number of nitrogens with one attached hydrogen (secondary N) is 2. The molecule has 22 heavy (non-hydrogen) atoms. The Bertz CT molecular complexity index is 661. The molecule has 0 aliphatic rings. The summed E-state index contributed by atoms with van der Waals surface area (Å²) in [4.78, 5) is 17.7. The minimum Gasteiger partial charge on any atom is -0.361 e. The fraction of sp³-hybridized carbons (Fsp3) is 0.471. The van der Waals surface area contributed by atoms with Crippen LogP contribution in [0.1, 0.15) is 25.8 Å². The molecule has 5 heteroatoms. The third-order valence-electron chi connectivity index (χ3n) is 3.95. The first-order chi connectivity index (χ1) is 10.3. The zero-order valence-electron chi connectivity index (χ0n) is 13.7. The van der Waals surface area contributed by atoms with E-state index in [2.05, 4.69) is 15.2 Å². The first kappa shape index (κ1) is 16.5. The number of aromatic amines is 1. The van der Waals surface area contributed by atoms with Gasteiger partial charge in [-0.2, -0.15) is 0 Å². The number of benzene rings is 1. The molecule has 0 spiro atoms. The van der Waals surface area contributed by atoms with Gasteiger partial charge in [-0.15, -0.1) is 0 Å². The first-order valence-corrected chi connectivity index (χ1v) is 7.52. The zero-order valence-corrected chi connectivity index (χ0v) is 13.7. The highest BCUT2D eigenvalue weighted by molar-refractivity contribution is 5.94. The van der Waals surface area contributed by atoms with E-state index in [0.717, 1.165) is 29.4 Å². The second-order valence-electron chi connectivity index (χ2n) is 6.43. The van der Waals surface area contributed by atoms with Crippen LogP contribution in [0.15, 0.2) is 24.4 Å². The predicted octanol–water partition coefficient (Wildman–Crippen LogP) is 2.65. The lowest BCUT2D eigenvalue weighted by Crippen LogP contribution is -2.40. The van der Waals surface area contributed by atoms with E-state index in [4.69, 9.17) is 0 Å². The summed E-state index contributed by atoms with van der Waals surface area (Å²) >= 11 is 0. The molecule has 0 aliphatic heterocycles. The summed E-state index contributed by atoms with van der Waals surface area (Å²) in [5, 5.41) is 3.73. The van der Waals surface area contributed by atoms with E-state index in [-0.39, 0.29) is 11.7 Å². The van der Waals surface area contributed by atoms with Crippen molar-refractivity contribution < 1.29 is 9.18 Å². The minimum absolute atomic E-state index is 0.0450. The number of rotatable bonds is 6. The highest BCUT2D eigenvalue weighted by atomic mass is 19.1. The molecule has 4 nitrogen and oxygen atoms in total. The van der Waals surface area contributed by atoms with Crippen molar-refractivity contribution in [3.05, 3.63) is 35.8 Å². The molecule has 0 atom stereocenters. The van der Waals surface area contributed by atoms with Crippen molar-refractivity contribution in [1.29, 1.82) is 0 Å². The number of aromatic nitrogens is 1. The Kier molecular flexibility index (Phi) is 4.86. The largest absolute Gasteiger partial charge is 0.361 e. The maximum Gasteiger partial charge on any atom is 0.230 e. The molecule has 0 saturated heterocycles. The van der Waals surface area contributed by atoms with Crippen LogP contribution in [0.5, 0.6) is 0 Å². The van der Waals surface area contributed by atoms with Crippen molar-refractivity contribution in [3.63, 3.8) is 0 Å². The highest BCUT2D eigenvalue weighted by Gasteiger charge is 2.32. The average Bonchev–Trinajstić information content (AvgIpc) is 2.86. The molecule has 0 bridgehead atoms. The number of nitrogens with zero attached hydrogens (tertiary/aromatic N) is 1. The van der Waals surface area contributed by atoms with E-state index in [0.29, 0.717) is 6.54 Å². The lowest BCUT2D eigenvalue weighted by Gasteiger charge is -2.23. The molecule has 1 aromatic carbocycles. The van der Waals surface area contributed by atoms with Crippen LogP contribution in [0.25, 0.3) is 10.9 Å². The van der Waals surface area contributed by atoms with Gasteiger partial charge in [0.2, 0.25) is 5.91 Å². The number of H-pyrrole nitrogens is 1. The zero-order chi connectivity index (χ0) is 16.3. The maximum atomic E-state index is 13.5. The Balaban J connectivity index is 2.14. The van der Waals surface area contributed by atoms with Gasteiger partial charge in [-0.3, -0.25) is 4.79 Å². The van der Waals surface area contributed by atoms with Crippen LogP contribution in [0, 0.1) is 5.82 Å². The van der Waals surface area contributed by atoms with E-state index >= 15 is 0 Å². The predicted molar refractivity (Wildman–Crippen MR) is 87.5 cm³/mol. The third-order valence-corrected chi connectivity index (χ3v) is 3.95. The smallest absolute Gasteiger partial charge is 0.230 e. The fourth-order valence-corrected chi connectivity index (χ4v) is 2.55. The van der Waals surface area contributed by atoms with Crippen molar-refractivity contribution in [2.75, 3.05) is 27.2 Å². The van der Waals surface area contributed by atoms with Crippen LogP contribution in [-0.2, 0) is 10.2 Å². The van der Waals surface area contributed by atoms with E-state index in [1.54, 1.807) is 12.3 Å². The second kappa shape index (κ2) is 6.48. The molecular formula is C17H24FN3O. The Hall–Kier alpha value is -1.88. The summed E-state index contributed by atoms with van der Waals surface area (Å²) in [6.45, 7) is 5.29. The van der Waals surface area contributed by atoms with Gasteiger partial charge >= 0.3 is 0 Å². The van der Waals surface area contributed by atoms with Gasteiger partial charge in [0.25, 0.3) is 0 Å². The monoisotopic (exact) mass is 305 g/mol. The Morgan fingerprint density at radius 2 is 2.09 bits per heavy atom. The number of hydrogen-bond donors (Lipinski definition) is 2. The molecule has 0 fully saturated rings. The summed E-state index contributed by atoms with van der Waals surface area (Å²) in [6.07, 6.45) is 2.70. The molecule has 0 unspecified atom stereocenters. The van der Waals surface area contributed by atoms with Crippen molar-refractivity contribution in [1.82, 2.24) is 15.2 Å². The first-order valence-electron chi connectivity index (χ1n) is 7.52. The van der Waals surface area contributed by atoms with Crippen LogP contribution < -0.4 is 5.32 Å². The second-order valence-corrected chi connectivity index (χ2v) is 6.43. The van der Waals surface area contributed by atoms with E-state index < -0.39 is 5.41 Å². The summed E-state index contributed by atoms with van der Waals surface area (Å²) in [6, 6.07) is 4.58. The third kappa shape index (κ3) is 3.47. The van der Waals surface area contributed by atoms with Gasteiger partial charge in [-0.05, 0) is 64.7 Å². The molecule has 0 aliphatic carbocycles. The van der Waals surface area contributed by atoms with Crippen LogP contribution in [0.2, 0.25) is 0 Å². The van der Waals surface area contributed by atoms with E-state index in [1.807, 2.05) is 27.9 Å². The van der Waals surface area contributed by atoms with Gasteiger partial charge in [0.05, 0.1) is 5.41 Å². The van der Waals surface area contributed by atoms with E-state index in [1.165, 1.54) is 12.1 Å². The molecule has 2 aromatic rings. The number of carbonyl (C=O) groups is 1. The molecule has 1 amide bonds. The number of carbonyl (C=O) groups excluding carboxylic acids is 1. The number of halogens is 1. The fourth-order valence-electron chi connectivity index (χ4n) is 2.55. The Labute approximate surface area is 130 Å². The Morgan fingerprint density at radius 3 is 2.77 bits per heavy atom. The van der Waals surface area contributed by atoms with Gasteiger partial charge < -0.3 is 15.2 Å². The lowest BCUT2D eigenvalue weighted by molar-refractivity contribution is -0.125. The van der Waals surface area contributed by atoms with Crippen LogP contribution in [0.4, 0.5) is 4.39 Å². The van der Waals surface area contributed by atoms with Crippen LogP contribution in [0.3, 0.4) is 0 Å². The van der Waals surface area contributed by atoms with Crippen molar-refractivity contribution in [2.24, 2.45) is 0 Å². The number of amides is 1. The van der Waals surface area contributed by atoms with Crippen molar-refractivity contribution in [2.45, 2.75) is 25.7 Å². The number of hydrogen-bond acceptors (Lipinski definition) is 2. The SMILES string of the molecule is CN(C)CCCNC(=O)C(C)(C)c1c[nH]c2ccc(F)cc12. The van der Waals surface area contributed by atoms with Crippen LogP contribution >= 0.6 is 0 Å². The number of fused-ring (bicyclic) bond motifs is 1. The van der Waals surface area contributed by atoms with Gasteiger partial charge in [-0.25, -0.2) is 4.39 Å². The summed E-state index contributed by atoms with van der Waals surface area (Å²) < 4.78 is 13.5. The summed E-state index contributed by atoms with van der Waals surface area (Å²) in [5.74, 6) is -0.341. The lowest BCUT2D eigenvalue weighted by atomic mass is 9.83. The van der Waals surface area contributed by atoms with Crippen molar-refractivity contribution in [3.8, 4) is 0 Å². The van der Waals surface area contributed by atoms with Crippen molar-refractivity contribution >= 4 is 16.8 Å². The molecule has 0 saturated carbocycles. The highest BCUT2D eigenvalue weighted by Crippen LogP contribution is 2.31. The molecule has 0 radical (unpaired) electrons. The van der Waals surface area contributed by atoms with Gasteiger partial charge in [-0.1, -0.05) is 0 Å². The quantitative estimate of drug-likeness (QED) is 0.806. The standard InChI is InChI=1S/C17H24FN3O/c1-17(2,16(22)19-8-5-9-21(3)4)14-11-20-15-7-6-12(18)10-13(14)15/h6-7,10-11,20H,5,8-9H2,1-4H3,(H,19,22). The minimum atomic E-state index is -0.718. The molecule has 1 aromatic heterocycles. The van der Waals surface area contributed by atoms with Crippen LogP contribution in [-0.4, -0.2) is 43.0 Å². The normalized spacial score (nSPS) is 12.1. The molecule has 1 heterocycles. The molecule has 120 valence electrons. The summed E-state index contributed by atoms with van der Waals surface area (Å²) in [7, 11) is 4.01. The molecular weight excluding hydrogens is 281 g/mol. The van der Waals surface area contributed by atoms with Gasteiger partial charge in [0.1, 0.15) is 5.82 Å². The molecule has 2 N–H and O–H groups in total. The Morgan fingerprint density at radius 1 is 1.36 bits per heavy atom. The maximum absolute atomic E-state index is 13.5. The summed E-state index contributed by atoms with van der Waals surface area (Å²) in [5.41, 5.74) is 0.932. The molecule has 2 rings (SSSR count).